The molecule has 1 unspecified atom stereocenters. The zero-order valence-corrected chi connectivity index (χ0v) is 19.6. The standard InChI is InChI=1S/C20H26N5O7P/c1-24(2)17-8-6-15(7-9-17)22-23-18-10-5-14(11-19(18)25(27)28)20(26)21-16(12-31-3)13-32-33(4,29)30/h5-11,16H,12-13H2,1-4H3,(H,21,26)(H,29,30)/t16-/m0/s1. The molecule has 13 heteroatoms. The van der Waals surface area contributed by atoms with Crippen LogP contribution in [0.2, 0.25) is 0 Å². The third kappa shape index (κ3) is 8.35. The molecule has 0 radical (unpaired) electrons. The first-order valence-electron chi connectivity index (χ1n) is 9.72. The number of hydrogen-bond donors (Lipinski definition) is 2. The molecule has 0 fully saturated rings. The van der Waals surface area contributed by atoms with E-state index in [9.17, 15) is 24.4 Å². The van der Waals surface area contributed by atoms with Crippen LogP contribution in [0, 0.1) is 10.1 Å². The monoisotopic (exact) mass is 479 g/mol. The van der Waals surface area contributed by atoms with E-state index < -0.39 is 30.2 Å². The molecule has 178 valence electrons. The largest absolute Gasteiger partial charge is 0.382 e. The van der Waals surface area contributed by atoms with Crippen molar-refractivity contribution < 1.29 is 28.4 Å². The topological polar surface area (TPSA) is 156 Å². The normalized spacial score (nSPS) is 14.0. The zero-order valence-electron chi connectivity index (χ0n) is 18.7. The number of nitrogens with one attached hydrogen (secondary N) is 1. The molecular weight excluding hydrogens is 453 g/mol. The molecule has 0 heterocycles. The van der Waals surface area contributed by atoms with Crippen LogP contribution in [-0.2, 0) is 13.8 Å². The molecule has 2 rings (SSSR count). The number of benzene rings is 2. The van der Waals surface area contributed by atoms with Gasteiger partial charge in [-0.15, -0.1) is 5.11 Å². The van der Waals surface area contributed by atoms with Gasteiger partial charge in [-0.3, -0.25) is 19.5 Å². The fraction of sp³-hybridized carbons (Fsp3) is 0.350. The van der Waals surface area contributed by atoms with Crippen molar-refractivity contribution >= 4 is 36.3 Å². The van der Waals surface area contributed by atoms with Crippen molar-refractivity contribution in [2.24, 2.45) is 10.2 Å². The fourth-order valence-electron chi connectivity index (χ4n) is 2.65. The Morgan fingerprint density at radius 1 is 1.21 bits per heavy atom. The van der Waals surface area contributed by atoms with Crippen molar-refractivity contribution in [1.29, 1.82) is 0 Å². The van der Waals surface area contributed by atoms with Crippen molar-refractivity contribution in [3.8, 4) is 0 Å². The zero-order chi connectivity index (χ0) is 24.6. The lowest BCUT2D eigenvalue weighted by Gasteiger charge is -2.19. The summed E-state index contributed by atoms with van der Waals surface area (Å²) in [5.74, 6) is -0.643. The van der Waals surface area contributed by atoms with Crippen LogP contribution < -0.4 is 10.2 Å². The van der Waals surface area contributed by atoms with Crippen molar-refractivity contribution in [3.63, 3.8) is 0 Å². The molecule has 1 amide bonds. The van der Waals surface area contributed by atoms with Crippen molar-refractivity contribution in [2.45, 2.75) is 6.04 Å². The minimum absolute atomic E-state index is 0.000712. The number of ether oxygens (including phenoxy) is 1. The molecule has 12 nitrogen and oxygen atoms in total. The minimum atomic E-state index is -3.75. The highest BCUT2D eigenvalue weighted by Gasteiger charge is 2.21. The molecule has 0 saturated carbocycles. The highest BCUT2D eigenvalue weighted by atomic mass is 31.2. The van der Waals surface area contributed by atoms with Crippen LogP contribution in [0.25, 0.3) is 0 Å². The molecule has 33 heavy (non-hydrogen) atoms. The first-order chi connectivity index (χ1) is 15.5. The Labute approximate surface area is 190 Å². The summed E-state index contributed by atoms with van der Waals surface area (Å²) in [6.07, 6.45) is 0. The molecule has 0 aliphatic heterocycles. The Bertz CT molecular complexity index is 1050. The number of hydrogen-bond acceptors (Lipinski definition) is 9. The Kier molecular flexibility index (Phi) is 9.18. The molecule has 2 atom stereocenters. The van der Waals surface area contributed by atoms with Gasteiger partial charge < -0.3 is 24.4 Å². The summed E-state index contributed by atoms with van der Waals surface area (Å²) in [6, 6.07) is 10.2. The summed E-state index contributed by atoms with van der Waals surface area (Å²) >= 11 is 0. The Balaban J connectivity index is 2.19. The van der Waals surface area contributed by atoms with Gasteiger partial charge in [-0.1, -0.05) is 0 Å². The summed E-state index contributed by atoms with van der Waals surface area (Å²) in [6.45, 7) is 0.754. The van der Waals surface area contributed by atoms with E-state index in [0.29, 0.717) is 5.69 Å². The van der Waals surface area contributed by atoms with Crippen molar-refractivity contribution in [3.05, 3.63) is 58.1 Å². The van der Waals surface area contributed by atoms with E-state index in [1.165, 1.54) is 19.2 Å². The number of azo groups is 1. The van der Waals surface area contributed by atoms with Gasteiger partial charge in [0.15, 0.2) is 5.69 Å². The molecule has 0 bridgehead atoms. The number of carbonyl (C=O) groups excluding carboxylic acids is 1. The van der Waals surface area contributed by atoms with Crippen LogP contribution in [0.4, 0.5) is 22.7 Å². The van der Waals surface area contributed by atoms with Gasteiger partial charge in [-0.25, -0.2) is 0 Å². The van der Waals surface area contributed by atoms with E-state index in [2.05, 4.69) is 15.5 Å². The van der Waals surface area contributed by atoms with Crippen molar-refractivity contribution in [2.75, 3.05) is 46.0 Å². The molecule has 0 aliphatic carbocycles. The smallest absolute Gasteiger partial charge is 0.325 e. The molecule has 0 aromatic heterocycles. The molecule has 2 N–H and O–H groups in total. The quantitative estimate of drug-likeness (QED) is 0.214. The number of nitro groups is 1. The lowest BCUT2D eigenvalue weighted by Crippen LogP contribution is -2.41. The van der Waals surface area contributed by atoms with Gasteiger partial charge in [-0.2, -0.15) is 5.11 Å². The third-order valence-corrected chi connectivity index (χ3v) is 4.92. The van der Waals surface area contributed by atoms with Crippen LogP contribution in [0.1, 0.15) is 10.4 Å². The maximum absolute atomic E-state index is 12.6. The predicted molar refractivity (Wildman–Crippen MR) is 123 cm³/mol. The SMILES string of the molecule is COC[C@@H](COP(C)(=O)O)NC(=O)c1ccc(N=Nc2ccc(N(C)C)cc2)c([N+](=O)[O-])c1. The molecule has 2 aromatic rings. The second kappa shape index (κ2) is 11.6. The molecular formula is C20H26N5O7P. The highest BCUT2D eigenvalue weighted by molar-refractivity contribution is 7.51. The summed E-state index contributed by atoms with van der Waals surface area (Å²) in [5, 5.41) is 22.1. The van der Waals surface area contributed by atoms with Gasteiger partial charge in [-0.05, 0) is 36.4 Å². The Hall–Kier alpha value is -3.18. The lowest BCUT2D eigenvalue weighted by atomic mass is 10.1. The van der Waals surface area contributed by atoms with Gasteiger partial charge in [0.05, 0.1) is 29.9 Å². The first kappa shape index (κ1) is 26.1. The number of nitro benzene ring substituents is 1. The number of amides is 1. The van der Waals surface area contributed by atoms with Crippen molar-refractivity contribution in [1.82, 2.24) is 5.32 Å². The van der Waals surface area contributed by atoms with Crippen LogP contribution >= 0.6 is 7.60 Å². The Morgan fingerprint density at radius 3 is 2.42 bits per heavy atom. The number of anilines is 1. The number of carbonyl (C=O) groups is 1. The second-order valence-electron chi connectivity index (χ2n) is 7.30. The maximum Gasteiger partial charge on any atom is 0.325 e. The highest BCUT2D eigenvalue weighted by Crippen LogP contribution is 2.36. The molecule has 2 aromatic carbocycles. The number of rotatable bonds is 11. The van der Waals surface area contributed by atoms with Gasteiger partial charge in [0.1, 0.15) is 0 Å². The first-order valence-corrected chi connectivity index (χ1v) is 11.7. The number of methoxy groups -OCH3 is 1. The second-order valence-corrected chi connectivity index (χ2v) is 9.16. The van der Waals surface area contributed by atoms with Gasteiger partial charge in [0, 0.05) is 45.2 Å². The van der Waals surface area contributed by atoms with Gasteiger partial charge in [0.25, 0.3) is 11.6 Å². The van der Waals surface area contributed by atoms with E-state index in [0.717, 1.165) is 18.4 Å². The van der Waals surface area contributed by atoms with Gasteiger partial charge in [0.2, 0.25) is 0 Å². The molecule has 0 saturated heterocycles. The van der Waals surface area contributed by atoms with E-state index in [1.807, 2.05) is 31.1 Å². The van der Waals surface area contributed by atoms with E-state index in [-0.39, 0.29) is 24.5 Å². The number of nitrogens with zero attached hydrogens (tertiary/aromatic N) is 4. The van der Waals surface area contributed by atoms with E-state index in [1.54, 1.807) is 12.1 Å². The Morgan fingerprint density at radius 2 is 1.88 bits per heavy atom. The van der Waals surface area contributed by atoms with Crippen LogP contribution in [0.15, 0.2) is 52.7 Å². The average Bonchev–Trinajstić information content (AvgIpc) is 2.75. The molecule has 0 spiro atoms. The maximum atomic E-state index is 12.6. The predicted octanol–water partition coefficient (Wildman–Crippen LogP) is 3.65. The summed E-state index contributed by atoms with van der Waals surface area (Å²) in [4.78, 5) is 34.6. The van der Waals surface area contributed by atoms with E-state index in [4.69, 9.17) is 9.26 Å². The van der Waals surface area contributed by atoms with E-state index >= 15 is 0 Å². The molecule has 0 aliphatic rings. The fourth-order valence-corrected chi connectivity index (χ4v) is 3.11. The lowest BCUT2D eigenvalue weighted by molar-refractivity contribution is -0.384. The van der Waals surface area contributed by atoms with Crippen LogP contribution in [0.3, 0.4) is 0 Å². The minimum Gasteiger partial charge on any atom is -0.382 e. The third-order valence-electron chi connectivity index (χ3n) is 4.29. The van der Waals surface area contributed by atoms with Gasteiger partial charge >= 0.3 is 7.60 Å². The summed E-state index contributed by atoms with van der Waals surface area (Å²) in [7, 11) is 1.44. The summed E-state index contributed by atoms with van der Waals surface area (Å²) < 4.78 is 21.1. The van der Waals surface area contributed by atoms with Crippen LogP contribution in [0.5, 0.6) is 0 Å². The van der Waals surface area contributed by atoms with Crippen LogP contribution in [-0.4, -0.2) is 62.8 Å². The summed E-state index contributed by atoms with van der Waals surface area (Å²) in [5.41, 5.74) is 1.06. The average molecular weight is 479 g/mol.